The summed E-state index contributed by atoms with van der Waals surface area (Å²) in [6.45, 7) is 3.25. The maximum Gasteiger partial charge on any atom is 0.262 e. The van der Waals surface area contributed by atoms with Gasteiger partial charge in [0.2, 0.25) is 0 Å². The Bertz CT molecular complexity index is 753. The molecule has 3 rings (SSSR count). The number of nitrogens with zero attached hydrogens (tertiary/aromatic N) is 3. The van der Waals surface area contributed by atoms with Crippen LogP contribution in [0.5, 0.6) is 0 Å². The lowest BCUT2D eigenvalue weighted by molar-refractivity contribution is 0.280. The average Bonchev–Trinajstić information content (AvgIpc) is 2.86. The van der Waals surface area contributed by atoms with Crippen molar-refractivity contribution < 1.29 is 8.42 Å². The molecule has 21 heavy (non-hydrogen) atoms. The summed E-state index contributed by atoms with van der Waals surface area (Å²) in [4.78, 5) is 4.36. The van der Waals surface area contributed by atoms with Gasteiger partial charge in [-0.3, -0.25) is 4.40 Å². The van der Waals surface area contributed by atoms with Gasteiger partial charge in [-0.15, -0.1) is 0 Å². The zero-order chi connectivity index (χ0) is 15.0. The van der Waals surface area contributed by atoms with E-state index >= 15 is 0 Å². The van der Waals surface area contributed by atoms with Gasteiger partial charge in [0.25, 0.3) is 10.0 Å². The molecule has 1 atom stereocenters. The van der Waals surface area contributed by atoms with Crippen molar-refractivity contribution in [3.05, 3.63) is 24.4 Å². The summed E-state index contributed by atoms with van der Waals surface area (Å²) < 4.78 is 29.2. The summed E-state index contributed by atoms with van der Waals surface area (Å²) in [5.74, 6) is 0.796. The van der Waals surface area contributed by atoms with Gasteiger partial charge in [-0.1, -0.05) is 13.0 Å². The smallest absolute Gasteiger partial charge is 0.262 e. The van der Waals surface area contributed by atoms with Gasteiger partial charge >= 0.3 is 0 Å². The second-order valence-corrected chi connectivity index (χ2v) is 7.41. The molecule has 7 heteroatoms. The lowest BCUT2D eigenvalue weighted by atomic mass is 10.0. The highest BCUT2D eigenvalue weighted by molar-refractivity contribution is 7.89. The minimum atomic E-state index is -3.55. The lowest BCUT2D eigenvalue weighted by Crippen LogP contribution is -2.39. The van der Waals surface area contributed by atoms with Crippen LogP contribution in [0.15, 0.2) is 29.4 Å². The monoisotopic (exact) mass is 308 g/mol. The number of anilines is 1. The number of imidazole rings is 1. The molecule has 1 saturated heterocycles. The van der Waals surface area contributed by atoms with E-state index < -0.39 is 10.0 Å². The molecule has 0 aromatic carbocycles. The van der Waals surface area contributed by atoms with Crippen LogP contribution >= 0.6 is 0 Å². The van der Waals surface area contributed by atoms with E-state index in [4.69, 9.17) is 0 Å². The minimum absolute atomic E-state index is 0.231. The summed E-state index contributed by atoms with van der Waals surface area (Å²) >= 11 is 0. The van der Waals surface area contributed by atoms with Gasteiger partial charge in [0.1, 0.15) is 5.65 Å². The van der Waals surface area contributed by atoms with Gasteiger partial charge in [-0.05, 0) is 30.9 Å². The van der Waals surface area contributed by atoms with Crippen molar-refractivity contribution in [2.75, 3.05) is 25.5 Å². The molecule has 2 aromatic rings. The number of hydrogen-bond donors (Lipinski definition) is 1. The average molecular weight is 308 g/mol. The Hall–Kier alpha value is -1.60. The van der Waals surface area contributed by atoms with Crippen molar-refractivity contribution in [3.63, 3.8) is 0 Å². The normalized spacial score (nSPS) is 20.8. The third kappa shape index (κ3) is 2.40. The fraction of sp³-hybridized carbons (Fsp3) is 0.500. The lowest BCUT2D eigenvalue weighted by Gasteiger charge is -2.29. The first kappa shape index (κ1) is 14.3. The molecule has 6 nitrogen and oxygen atoms in total. The highest BCUT2D eigenvalue weighted by atomic mass is 32.2. The van der Waals surface area contributed by atoms with Gasteiger partial charge in [0, 0.05) is 26.3 Å². The van der Waals surface area contributed by atoms with Gasteiger partial charge in [0.15, 0.2) is 10.8 Å². The Balaban J connectivity index is 2.14. The Kier molecular flexibility index (Phi) is 3.62. The molecule has 0 aliphatic carbocycles. The molecule has 2 aromatic heterocycles. The van der Waals surface area contributed by atoms with Gasteiger partial charge in [-0.2, -0.15) is 4.31 Å². The number of aromatic nitrogens is 2. The first-order chi connectivity index (χ1) is 10.0. The summed E-state index contributed by atoms with van der Waals surface area (Å²) in [7, 11) is -1.86. The number of pyridine rings is 1. The van der Waals surface area contributed by atoms with E-state index in [1.165, 1.54) is 0 Å². The molecule has 0 spiro atoms. The standard InChI is InChI=1S/C14H20N4O2S/c1-11-6-5-8-17(10-11)21(19,20)14-13(15-2)16-12-7-3-4-9-18(12)14/h3-4,7,9,11,15H,5-6,8,10H2,1-2H3. The van der Waals surface area contributed by atoms with Crippen LogP contribution in [0, 0.1) is 5.92 Å². The third-order valence-electron chi connectivity index (χ3n) is 3.93. The predicted molar refractivity (Wildman–Crippen MR) is 81.9 cm³/mol. The molecule has 1 aliphatic rings. The molecule has 1 fully saturated rings. The molecular weight excluding hydrogens is 288 g/mol. The maximum atomic E-state index is 13.0. The van der Waals surface area contributed by atoms with Crippen LogP contribution in [-0.2, 0) is 10.0 Å². The number of hydrogen-bond acceptors (Lipinski definition) is 4. The summed E-state index contributed by atoms with van der Waals surface area (Å²) in [5.41, 5.74) is 0.630. The van der Waals surface area contributed by atoms with Gasteiger partial charge in [0.05, 0.1) is 0 Å². The van der Waals surface area contributed by atoms with E-state index in [0.29, 0.717) is 30.5 Å². The van der Waals surface area contributed by atoms with E-state index in [1.54, 1.807) is 28.0 Å². The fourth-order valence-electron chi connectivity index (χ4n) is 2.87. The van der Waals surface area contributed by atoms with Crippen molar-refractivity contribution >= 4 is 21.5 Å². The molecule has 114 valence electrons. The molecule has 0 radical (unpaired) electrons. The third-order valence-corrected chi connectivity index (χ3v) is 5.82. The number of fused-ring (bicyclic) bond motifs is 1. The fourth-order valence-corrected chi connectivity index (χ4v) is 4.73. The molecule has 0 amide bonds. The molecule has 1 unspecified atom stereocenters. The van der Waals surface area contributed by atoms with Crippen molar-refractivity contribution in [2.45, 2.75) is 24.8 Å². The second-order valence-electron chi connectivity index (χ2n) is 5.55. The van der Waals surface area contributed by atoms with Crippen LogP contribution in [0.4, 0.5) is 5.82 Å². The Morgan fingerprint density at radius 1 is 1.38 bits per heavy atom. The SMILES string of the molecule is CNc1nc2ccccn2c1S(=O)(=O)N1CCCC(C)C1. The molecule has 3 heterocycles. The molecule has 0 saturated carbocycles. The number of piperidine rings is 1. The molecule has 0 bridgehead atoms. The van der Waals surface area contributed by atoms with Crippen LogP contribution in [-0.4, -0.2) is 42.2 Å². The van der Waals surface area contributed by atoms with Gasteiger partial charge in [-0.25, -0.2) is 13.4 Å². The zero-order valence-electron chi connectivity index (χ0n) is 12.3. The van der Waals surface area contributed by atoms with Crippen molar-refractivity contribution in [1.82, 2.24) is 13.7 Å². The topological polar surface area (TPSA) is 66.7 Å². The van der Waals surface area contributed by atoms with Crippen LogP contribution in [0.2, 0.25) is 0 Å². The molecular formula is C14H20N4O2S. The van der Waals surface area contributed by atoms with E-state index in [1.807, 2.05) is 12.1 Å². The van der Waals surface area contributed by atoms with Crippen molar-refractivity contribution in [3.8, 4) is 0 Å². The van der Waals surface area contributed by atoms with Crippen LogP contribution in [0.1, 0.15) is 19.8 Å². The quantitative estimate of drug-likeness (QED) is 0.939. The Morgan fingerprint density at radius 3 is 2.90 bits per heavy atom. The van der Waals surface area contributed by atoms with E-state index in [2.05, 4.69) is 17.2 Å². The van der Waals surface area contributed by atoms with Crippen molar-refractivity contribution in [2.24, 2.45) is 5.92 Å². The van der Waals surface area contributed by atoms with E-state index in [0.717, 1.165) is 12.8 Å². The predicted octanol–water partition coefficient (Wildman–Crippen LogP) is 1.80. The number of rotatable bonds is 3. The Morgan fingerprint density at radius 2 is 2.19 bits per heavy atom. The molecule has 1 aliphatic heterocycles. The first-order valence-electron chi connectivity index (χ1n) is 7.19. The summed E-state index contributed by atoms with van der Waals surface area (Å²) in [6.07, 6.45) is 3.73. The summed E-state index contributed by atoms with van der Waals surface area (Å²) in [5, 5.41) is 3.13. The van der Waals surface area contributed by atoms with E-state index in [-0.39, 0.29) is 5.03 Å². The summed E-state index contributed by atoms with van der Waals surface area (Å²) in [6, 6.07) is 5.46. The maximum absolute atomic E-state index is 13.0. The number of nitrogens with one attached hydrogen (secondary N) is 1. The number of sulfonamides is 1. The largest absolute Gasteiger partial charge is 0.371 e. The highest BCUT2D eigenvalue weighted by Gasteiger charge is 2.33. The minimum Gasteiger partial charge on any atom is -0.371 e. The second kappa shape index (κ2) is 5.31. The first-order valence-corrected chi connectivity index (χ1v) is 8.63. The van der Waals surface area contributed by atoms with Crippen LogP contribution in [0.3, 0.4) is 0 Å². The van der Waals surface area contributed by atoms with E-state index in [9.17, 15) is 8.42 Å². The molecule has 1 N–H and O–H groups in total. The van der Waals surface area contributed by atoms with Crippen molar-refractivity contribution in [1.29, 1.82) is 0 Å². The van der Waals surface area contributed by atoms with Gasteiger partial charge < -0.3 is 5.32 Å². The highest BCUT2D eigenvalue weighted by Crippen LogP contribution is 2.28. The van der Waals surface area contributed by atoms with Crippen LogP contribution in [0.25, 0.3) is 5.65 Å². The van der Waals surface area contributed by atoms with Crippen LogP contribution < -0.4 is 5.32 Å². The Labute approximate surface area is 124 Å². The zero-order valence-corrected chi connectivity index (χ0v) is 13.1.